The lowest BCUT2D eigenvalue weighted by molar-refractivity contribution is -0.144. The molecule has 2 aromatic carbocycles. The van der Waals surface area contributed by atoms with Crippen LogP contribution in [0.2, 0.25) is 0 Å². The number of carbonyl (C=O) groups is 4. The number of benzene rings is 2. The fourth-order valence-corrected chi connectivity index (χ4v) is 5.95. The second kappa shape index (κ2) is 15.7. The summed E-state index contributed by atoms with van der Waals surface area (Å²) in [5, 5.41) is 11.8. The van der Waals surface area contributed by atoms with E-state index >= 15 is 0 Å². The van der Waals surface area contributed by atoms with Gasteiger partial charge in [0.25, 0.3) is 0 Å². The number of hydrogen-bond acceptors (Lipinski definition) is 6. The van der Waals surface area contributed by atoms with Crippen LogP contribution in [-0.2, 0) is 25.6 Å². The van der Waals surface area contributed by atoms with E-state index in [2.05, 4.69) is 21.3 Å². The summed E-state index contributed by atoms with van der Waals surface area (Å²) in [4.78, 5) is 56.8. The van der Waals surface area contributed by atoms with E-state index in [4.69, 9.17) is 4.74 Å². The van der Waals surface area contributed by atoms with Gasteiger partial charge in [-0.05, 0) is 48.2 Å². The Morgan fingerprint density at radius 3 is 2.36 bits per heavy atom. The highest BCUT2D eigenvalue weighted by molar-refractivity contribution is 5.96. The van der Waals surface area contributed by atoms with Gasteiger partial charge in [-0.1, -0.05) is 83.0 Å². The molecule has 4 N–H and O–H groups in total. The van der Waals surface area contributed by atoms with Crippen LogP contribution >= 0.6 is 0 Å². The van der Waals surface area contributed by atoms with Gasteiger partial charge in [0.05, 0.1) is 6.04 Å². The predicted octanol–water partition coefficient (Wildman–Crippen LogP) is 3.03. The van der Waals surface area contributed by atoms with E-state index in [1.165, 1.54) is 4.90 Å². The molecule has 10 nitrogen and oxygen atoms in total. The third-order valence-corrected chi connectivity index (χ3v) is 9.06. The molecule has 0 radical (unpaired) electrons. The van der Waals surface area contributed by atoms with E-state index in [1.54, 1.807) is 31.5 Å². The summed E-state index contributed by atoms with van der Waals surface area (Å²) in [6, 6.07) is 13.6. The van der Waals surface area contributed by atoms with E-state index in [9.17, 15) is 19.2 Å². The highest BCUT2D eigenvalue weighted by atomic mass is 16.5. The van der Waals surface area contributed by atoms with Gasteiger partial charge < -0.3 is 30.9 Å². The molecule has 45 heavy (non-hydrogen) atoms. The van der Waals surface area contributed by atoms with Gasteiger partial charge in [0.15, 0.2) is 0 Å². The first-order valence-corrected chi connectivity index (χ1v) is 16.0. The summed E-state index contributed by atoms with van der Waals surface area (Å²) in [5.41, 5.74) is 1.75. The number of ether oxygens (including phenoxy) is 1. The van der Waals surface area contributed by atoms with Gasteiger partial charge >= 0.3 is 0 Å². The van der Waals surface area contributed by atoms with Crippen LogP contribution in [0.5, 0.6) is 5.75 Å². The van der Waals surface area contributed by atoms with Crippen molar-refractivity contribution in [2.24, 2.45) is 11.8 Å². The standard InChI is InChI=1S/C35H47N5O5/c1-6-22(3)29(36-5)33(42)38-27(21-25-11-9-8-10-12-25)35(44)40-20-18-28-31(40)34(43)39-30(23(4)7-2)32(41)37-19-17-24-13-15-26(45-28)16-14-24/h8-17,19,22-23,27-31,36H,6-7,18,20-21H2,1-5H3,(H,37,41)(H,38,42)(H,39,43). The maximum absolute atomic E-state index is 14.4. The average Bonchev–Trinajstić information content (AvgIpc) is 3.47. The maximum Gasteiger partial charge on any atom is 0.247 e. The van der Waals surface area contributed by atoms with Crippen molar-refractivity contribution in [1.29, 1.82) is 0 Å². The van der Waals surface area contributed by atoms with Gasteiger partial charge in [-0.2, -0.15) is 0 Å². The number of fused-ring (bicyclic) bond motifs is 7. The second-order valence-electron chi connectivity index (χ2n) is 12.1. The zero-order valence-corrected chi connectivity index (χ0v) is 26.9. The SMILES string of the molecule is CCC(C)C(NC)C(=O)NC(Cc1ccccc1)C(=O)N1CCC2Oc3ccc(cc3)C=CNC(=O)C(C(C)CC)NC(=O)C21. The Hall–Kier alpha value is -4.18. The van der Waals surface area contributed by atoms with Crippen LogP contribution in [-0.4, -0.2) is 72.4 Å². The molecule has 1 saturated heterocycles. The number of rotatable bonds is 10. The van der Waals surface area contributed by atoms with Crippen molar-refractivity contribution < 1.29 is 23.9 Å². The molecule has 0 spiro atoms. The summed E-state index contributed by atoms with van der Waals surface area (Å²) >= 11 is 0. The molecule has 3 aliphatic heterocycles. The zero-order chi connectivity index (χ0) is 32.5. The van der Waals surface area contributed by atoms with Crippen LogP contribution in [0, 0.1) is 11.8 Å². The monoisotopic (exact) mass is 617 g/mol. The van der Waals surface area contributed by atoms with Gasteiger partial charge in [0.2, 0.25) is 23.6 Å². The summed E-state index contributed by atoms with van der Waals surface area (Å²) in [6.45, 7) is 8.12. The van der Waals surface area contributed by atoms with Crippen molar-refractivity contribution in [1.82, 2.24) is 26.2 Å². The lowest BCUT2D eigenvalue weighted by Crippen LogP contribution is -2.61. The second-order valence-corrected chi connectivity index (χ2v) is 12.1. The Balaban J connectivity index is 1.69. The largest absolute Gasteiger partial charge is 0.488 e. The van der Waals surface area contributed by atoms with Gasteiger partial charge in [-0.15, -0.1) is 0 Å². The summed E-state index contributed by atoms with van der Waals surface area (Å²) in [7, 11) is 1.73. The Kier molecular flexibility index (Phi) is 11.8. The minimum absolute atomic E-state index is 0.0438. The van der Waals surface area contributed by atoms with Crippen LogP contribution in [0.15, 0.2) is 60.8 Å². The number of hydrogen-bond donors (Lipinski definition) is 4. The van der Waals surface area contributed by atoms with Gasteiger partial charge in [-0.3, -0.25) is 19.2 Å². The van der Waals surface area contributed by atoms with E-state index < -0.39 is 36.2 Å². The number of amides is 4. The number of likely N-dealkylation sites (tertiary alicyclic amines) is 1. The van der Waals surface area contributed by atoms with Gasteiger partial charge in [0, 0.05) is 25.6 Å². The Bertz CT molecular complexity index is 1350. The summed E-state index contributed by atoms with van der Waals surface area (Å²) in [5.74, 6) is -1.00. The van der Waals surface area contributed by atoms with Gasteiger partial charge in [0.1, 0.15) is 30.0 Å². The normalized spacial score (nSPS) is 22.6. The third-order valence-electron chi connectivity index (χ3n) is 9.06. The molecule has 0 aromatic heterocycles. The molecule has 0 saturated carbocycles. The number of likely N-dealkylation sites (N-methyl/N-ethyl adjacent to an activating group) is 1. The molecular weight excluding hydrogens is 570 g/mol. The van der Waals surface area contributed by atoms with Crippen LogP contribution in [0.25, 0.3) is 6.08 Å². The molecule has 4 amide bonds. The van der Waals surface area contributed by atoms with Crippen molar-refractivity contribution in [3.63, 3.8) is 0 Å². The van der Waals surface area contributed by atoms with Crippen molar-refractivity contribution in [2.45, 2.75) is 83.6 Å². The molecule has 2 bridgehead atoms. The molecule has 7 atom stereocenters. The smallest absolute Gasteiger partial charge is 0.247 e. The van der Waals surface area contributed by atoms with Crippen molar-refractivity contribution >= 4 is 29.7 Å². The minimum atomic E-state index is -1.01. The first-order valence-electron chi connectivity index (χ1n) is 16.0. The fourth-order valence-electron chi connectivity index (χ4n) is 5.95. The van der Waals surface area contributed by atoms with Crippen LogP contribution in [0.3, 0.4) is 0 Å². The van der Waals surface area contributed by atoms with E-state index in [0.717, 1.165) is 17.5 Å². The third kappa shape index (κ3) is 8.30. The van der Waals surface area contributed by atoms with Crippen molar-refractivity contribution in [3.8, 4) is 5.75 Å². The number of nitrogens with zero attached hydrogens (tertiary/aromatic N) is 1. The highest BCUT2D eigenvalue weighted by Crippen LogP contribution is 2.27. The highest BCUT2D eigenvalue weighted by Gasteiger charge is 2.46. The minimum Gasteiger partial charge on any atom is -0.488 e. The van der Waals surface area contributed by atoms with Crippen LogP contribution in [0.1, 0.15) is 58.1 Å². The topological polar surface area (TPSA) is 129 Å². The molecule has 2 aromatic rings. The molecule has 3 aliphatic rings. The Morgan fingerprint density at radius 2 is 1.71 bits per heavy atom. The molecule has 7 unspecified atom stereocenters. The van der Waals surface area contributed by atoms with Crippen LogP contribution in [0.4, 0.5) is 0 Å². The Morgan fingerprint density at radius 1 is 1.00 bits per heavy atom. The molecule has 242 valence electrons. The number of carbonyl (C=O) groups excluding carboxylic acids is 4. The molecule has 10 heteroatoms. The molecule has 5 rings (SSSR count). The maximum atomic E-state index is 14.4. The van der Waals surface area contributed by atoms with E-state index in [-0.39, 0.29) is 42.5 Å². The van der Waals surface area contributed by atoms with E-state index in [1.807, 2.05) is 70.2 Å². The molecular formula is C35H47N5O5. The van der Waals surface area contributed by atoms with Gasteiger partial charge in [-0.25, -0.2) is 0 Å². The summed E-state index contributed by atoms with van der Waals surface area (Å²) in [6.07, 6.45) is 4.79. The predicted molar refractivity (Wildman–Crippen MR) is 174 cm³/mol. The lowest BCUT2D eigenvalue weighted by Gasteiger charge is -2.33. The first-order chi connectivity index (χ1) is 21.7. The quantitative estimate of drug-likeness (QED) is 0.325. The summed E-state index contributed by atoms with van der Waals surface area (Å²) < 4.78 is 6.34. The lowest BCUT2D eigenvalue weighted by atomic mass is 9.97. The van der Waals surface area contributed by atoms with Crippen molar-refractivity contribution in [2.75, 3.05) is 13.6 Å². The average molecular weight is 618 g/mol. The number of nitrogens with one attached hydrogen (secondary N) is 4. The zero-order valence-electron chi connectivity index (χ0n) is 26.9. The Labute approximate surface area is 266 Å². The molecule has 1 fully saturated rings. The fraction of sp³-hybridized carbons (Fsp3) is 0.486. The van der Waals surface area contributed by atoms with Crippen LogP contribution < -0.4 is 26.0 Å². The molecule has 3 heterocycles. The first kappa shape index (κ1) is 33.7. The molecule has 0 aliphatic carbocycles. The van der Waals surface area contributed by atoms with E-state index in [0.29, 0.717) is 18.6 Å². The van der Waals surface area contributed by atoms with Crippen molar-refractivity contribution in [3.05, 3.63) is 71.9 Å².